The van der Waals surface area contributed by atoms with E-state index in [0.29, 0.717) is 17.0 Å². The topological polar surface area (TPSA) is 27.1 Å². The number of alkyl halides is 1. The summed E-state index contributed by atoms with van der Waals surface area (Å²) in [5.74, 6) is 1.32. The van der Waals surface area contributed by atoms with Gasteiger partial charge in [-0.2, -0.15) is 0 Å². The molecule has 0 aliphatic carbocycles. The number of aryl methyl sites for hydroxylation is 1. The maximum Gasteiger partial charge on any atom is 0.124 e. The van der Waals surface area contributed by atoms with Gasteiger partial charge in [0.2, 0.25) is 0 Å². The van der Waals surface area contributed by atoms with Crippen LogP contribution in [0.3, 0.4) is 0 Å². The molecule has 2 heterocycles. The highest BCUT2D eigenvalue weighted by Crippen LogP contribution is 2.23. The van der Waals surface area contributed by atoms with E-state index in [9.17, 15) is 0 Å². The van der Waals surface area contributed by atoms with Crippen molar-refractivity contribution in [2.45, 2.75) is 44.2 Å². The van der Waals surface area contributed by atoms with Gasteiger partial charge < -0.3 is 9.30 Å². The van der Waals surface area contributed by atoms with Crippen molar-refractivity contribution in [3.8, 4) is 0 Å². The number of hydrogen-bond donors (Lipinski definition) is 0. The predicted octanol–water partition coefficient (Wildman–Crippen LogP) is 4.39. The van der Waals surface area contributed by atoms with E-state index in [-0.39, 0.29) is 0 Å². The average Bonchev–Trinajstić information content (AvgIpc) is 2.83. The molecule has 20 heavy (non-hydrogen) atoms. The fraction of sp³-hybridized carbons (Fsp3) is 0.533. The van der Waals surface area contributed by atoms with Crippen molar-refractivity contribution in [3.63, 3.8) is 0 Å². The molecule has 1 unspecified atom stereocenters. The van der Waals surface area contributed by atoms with Crippen LogP contribution < -0.4 is 0 Å². The van der Waals surface area contributed by atoms with Gasteiger partial charge in [-0.1, -0.05) is 11.6 Å². The van der Waals surface area contributed by atoms with Crippen LogP contribution in [0.4, 0.5) is 0 Å². The molecule has 0 spiro atoms. The molecule has 3 nitrogen and oxygen atoms in total. The Hall–Kier alpha value is -0.770. The van der Waals surface area contributed by atoms with Gasteiger partial charge in [0.05, 0.1) is 23.0 Å². The van der Waals surface area contributed by atoms with Gasteiger partial charge in [-0.15, -0.1) is 11.6 Å². The van der Waals surface area contributed by atoms with Gasteiger partial charge in [0.15, 0.2) is 0 Å². The third-order valence-corrected chi connectivity index (χ3v) is 4.33. The van der Waals surface area contributed by atoms with E-state index in [1.54, 1.807) is 0 Å². The molecule has 0 saturated carbocycles. The number of fused-ring (bicyclic) bond motifs is 1. The molecule has 0 N–H and O–H groups in total. The van der Waals surface area contributed by atoms with Crippen molar-refractivity contribution < 1.29 is 4.74 Å². The molecule has 1 atom stereocenters. The largest absolute Gasteiger partial charge is 0.378 e. The molecular weight excluding hydrogens is 295 g/mol. The van der Waals surface area contributed by atoms with Crippen LogP contribution >= 0.6 is 23.2 Å². The van der Waals surface area contributed by atoms with Crippen molar-refractivity contribution in [2.24, 2.45) is 0 Å². The van der Waals surface area contributed by atoms with Crippen LogP contribution in [0.1, 0.15) is 31.5 Å². The number of imidazole rings is 1. The first kappa shape index (κ1) is 14.2. The summed E-state index contributed by atoms with van der Waals surface area (Å²) in [6.07, 6.45) is 5.01. The molecule has 108 valence electrons. The number of halogens is 2. The number of ether oxygens (including phenoxy) is 1. The normalized spacial score (nSPS) is 19.6. The quantitative estimate of drug-likeness (QED) is 0.783. The number of aromatic nitrogens is 2. The van der Waals surface area contributed by atoms with E-state index in [1.807, 2.05) is 18.2 Å². The second-order valence-electron chi connectivity index (χ2n) is 5.22. The predicted molar refractivity (Wildman–Crippen MR) is 82.5 cm³/mol. The highest BCUT2D eigenvalue weighted by Gasteiger charge is 2.16. The Morgan fingerprint density at radius 1 is 1.35 bits per heavy atom. The molecule has 1 aromatic heterocycles. The van der Waals surface area contributed by atoms with Crippen LogP contribution in [0.15, 0.2) is 18.2 Å². The van der Waals surface area contributed by atoms with Crippen LogP contribution in [-0.4, -0.2) is 22.3 Å². The van der Waals surface area contributed by atoms with Gasteiger partial charge in [0, 0.05) is 18.2 Å². The summed E-state index contributed by atoms with van der Waals surface area (Å²) in [5.41, 5.74) is 2.01. The zero-order valence-corrected chi connectivity index (χ0v) is 12.8. The molecule has 5 heteroatoms. The van der Waals surface area contributed by atoms with Crippen molar-refractivity contribution in [1.29, 1.82) is 0 Å². The molecule has 0 amide bonds. The van der Waals surface area contributed by atoms with E-state index < -0.39 is 0 Å². The summed E-state index contributed by atoms with van der Waals surface area (Å²) >= 11 is 12.0. The summed E-state index contributed by atoms with van der Waals surface area (Å²) in [6, 6.07) is 5.81. The summed E-state index contributed by atoms with van der Waals surface area (Å²) in [4.78, 5) is 4.56. The molecule has 1 aliphatic rings. The smallest absolute Gasteiger partial charge is 0.124 e. The summed E-state index contributed by atoms with van der Waals surface area (Å²) < 4.78 is 7.98. The molecule has 1 saturated heterocycles. The minimum Gasteiger partial charge on any atom is -0.378 e. The second kappa shape index (κ2) is 6.33. The molecule has 3 rings (SSSR count). The Labute approximate surface area is 128 Å². The van der Waals surface area contributed by atoms with Crippen molar-refractivity contribution in [1.82, 2.24) is 9.55 Å². The number of benzene rings is 1. The number of hydrogen-bond acceptors (Lipinski definition) is 2. The zero-order chi connectivity index (χ0) is 13.9. The third kappa shape index (κ3) is 2.95. The van der Waals surface area contributed by atoms with Gasteiger partial charge in [0.25, 0.3) is 0 Å². The van der Waals surface area contributed by atoms with Gasteiger partial charge in [-0.05, 0) is 43.9 Å². The molecular formula is C15H18Cl2N2O. The Bertz CT molecular complexity index is 591. The van der Waals surface area contributed by atoms with Gasteiger partial charge in [0.1, 0.15) is 5.82 Å². The molecule has 1 aliphatic heterocycles. The van der Waals surface area contributed by atoms with Crippen LogP contribution in [0.5, 0.6) is 0 Å². The van der Waals surface area contributed by atoms with Crippen LogP contribution in [0.2, 0.25) is 5.02 Å². The monoisotopic (exact) mass is 312 g/mol. The fourth-order valence-electron chi connectivity index (χ4n) is 2.81. The van der Waals surface area contributed by atoms with Gasteiger partial charge in [-0.25, -0.2) is 4.98 Å². The van der Waals surface area contributed by atoms with E-state index in [0.717, 1.165) is 42.9 Å². The minimum absolute atomic E-state index is 0.372. The van der Waals surface area contributed by atoms with E-state index in [1.165, 1.54) is 12.8 Å². The van der Waals surface area contributed by atoms with Crippen molar-refractivity contribution >= 4 is 34.2 Å². The SMILES string of the molecule is ClCc1nc2cc(Cl)ccc2n1CCC1CCCCO1. The van der Waals surface area contributed by atoms with Crippen LogP contribution in [0, 0.1) is 0 Å². The first-order chi connectivity index (χ1) is 9.78. The first-order valence-corrected chi connectivity index (χ1v) is 8.01. The molecule has 0 bridgehead atoms. The van der Waals surface area contributed by atoms with Gasteiger partial charge in [-0.3, -0.25) is 0 Å². The lowest BCUT2D eigenvalue weighted by atomic mass is 10.1. The minimum atomic E-state index is 0.372. The Kier molecular flexibility index (Phi) is 4.49. The fourth-order valence-corrected chi connectivity index (χ4v) is 3.18. The maximum atomic E-state index is 6.02. The zero-order valence-electron chi connectivity index (χ0n) is 11.3. The number of rotatable bonds is 4. The lowest BCUT2D eigenvalue weighted by Gasteiger charge is -2.23. The average molecular weight is 313 g/mol. The standard InChI is InChI=1S/C15H18Cl2N2O/c16-10-15-18-13-9-11(17)4-5-14(13)19(15)7-6-12-3-1-2-8-20-12/h4-5,9,12H,1-3,6-8,10H2. The molecule has 2 aromatic rings. The number of nitrogens with zero attached hydrogens (tertiary/aromatic N) is 2. The van der Waals surface area contributed by atoms with Crippen molar-refractivity contribution in [2.75, 3.05) is 6.61 Å². The second-order valence-corrected chi connectivity index (χ2v) is 5.93. The van der Waals surface area contributed by atoms with Crippen LogP contribution in [0.25, 0.3) is 11.0 Å². The Morgan fingerprint density at radius 2 is 2.25 bits per heavy atom. The highest BCUT2D eigenvalue weighted by atomic mass is 35.5. The van der Waals surface area contributed by atoms with Gasteiger partial charge >= 0.3 is 0 Å². The maximum absolute atomic E-state index is 6.02. The lowest BCUT2D eigenvalue weighted by Crippen LogP contribution is -2.21. The Morgan fingerprint density at radius 3 is 3.00 bits per heavy atom. The van der Waals surface area contributed by atoms with Crippen LogP contribution in [-0.2, 0) is 17.2 Å². The van der Waals surface area contributed by atoms with Crippen molar-refractivity contribution in [3.05, 3.63) is 29.0 Å². The van der Waals surface area contributed by atoms with E-state index in [2.05, 4.69) is 9.55 Å². The third-order valence-electron chi connectivity index (χ3n) is 3.86. The summed E-state index contributed by atoms with van der Waals surface area (Å²) in [5, 5.41) is 0.707. The Balaban J connectivity index is 1.81. The van der Waals surface area contributed by atoms with E-state index >= 15 is 0 Å². The molecule has 1 fully saturated rings. The first-order valence-electron chi connectivity index (χ1n) is 7.10. The molecule has 1 aromatic carbocycles. The highest BCUT2D eigenvalue weighted by molar-refractivity contribution is 6.31. The summed E-state index contributed by atoms with van der Waals surface area (Å²) in [6.45, 7) is 1.79. The van der Waals surface area contributed by atoms with E-state index in [4.69, 9.17) is 27.9 Å². The lowest BCUT2D eigenvalue weighted by molar-refractivity contribution is 0.00889. The summed E-state index contributed by atoms with van der Waals surface area (Å²) in [7, 11) is 0. The molecule has 0 radical (unpaired) electrons.